The van der Waals surface area contributed by atoms with E-state index in [-0.39, 0.29) is 24.8 Å². The molecule has 0 radical (unpaired) electrons. The number of aryl methyl sites for hydroxylation is 4. The molecule has 156 valence electrons. The van der Waals surface area contributed by atoms with Gasteiger partial charge in [-0.25, -0.2) is 4.39 Å². The van der Waals surface area contributed by atoms with Gasteiger partial charge in [0.1, 0.15) is 24.3 Å². The van der Waals surface area contributed by atoms with E-state index in [0.29, 0.717) is 6.42 Å². The largest absolute Gasteiger partial charge is 0.489 e. The molecular formula is C24H29FO4. The first-order valence-electron chi connectivity index (χ1n) is 10.3. The Balaban J connectivity index is 1.77. The molecule has 3 rings (SSSR count). The second-order valence-electron chi connectivity index (χ2n) is 7.81. The molecule has 0 spiro atoms. The van der Waals surface area contributed by atoms with Crippen molar-refractivity contribution >= 4 is 5.97 Å². The maximum absolute atomic E-state index is 13.2. The molecule has 1 aliphatic rings. The Kier molecular flexibility index (Phi) is 7.26. The van der Waals surface area contributed by atoms with E-state index in [4.69, 9.17) is 9.47 Å². The van der Waals surface area contributed by atoms with Crippen LogP contribution in [0, 0.1) is 12.7 Å². The van der Waals surface area contributed by atoms with Crippen molar-refractivity contribution in [2.75, 3.05) is 6.61 Å². The highest BCUT2D eigenvalue weighted by molar-refractivity contribution is 5.71. The molecule has 4 nitrogen and oxygen atoms in total. The highest BCUT2D eigenvalue weighted by Gasteiger charge is 2.28. The van der Waals surface area contributed by atoms with Crippen molar-refractivity contribution in [3.05, 3.63) is 64.5 Å². The third kappa shape index (κ3) is 6.04. The minimum Gasteiger partial charge on any atom is -0.489 e. The van der Waals surface area contributed by atoms with Crippen molar-refractivity contribution in [3.8, 4) is 5.75 Å². The summed E-state index contributed by atoms with van der Waals surface area (Å²) in [6.45, 7) is 4.43. The van der Waals surface area contributed by atoms with Crippen LogP contribution in [0.15, 0.2) is 36.4 Å². The second kappa shape index (κ2) is 9.88. The minimum atomic E-state index is -0.670. The summed E-state index contributed by atoms with van der Waals surface area (Å²) in [5.74, 6) is 0.227. The molecule has 1 saturated heterocycles. The standard InChI is InChI=1S/C24H29FO4/c1-3-4-18-11-16(2)12-19(8-5-17-6-9-20(25)10-7-17)24(18)28-15-22-13-21(26)14-23(27)29-22/h6-7,9-12,21-22,26H,3-5,8,13-15H2,1-2H3. The molecule has 0 saturated carbocycles. The second-order valence-corrected chi connectivity index (χ2v) is 7.81. The van der Waals surface area contributed by atoms with Crippen LogP contribution in [0.4, 0.5) is 4.39 Å². The molecule has 1 fully saturated rings. The Bertz CT molecular complexity index is 832. The molecule has 1 heterocycles. The van der Waals surface area contributed by atoms with Gasteiger partial charge in [0.25, 0.3) is 0 Å². The Morgan fingerprint density at radius 1 is 1.14 bits per heavy atom. The van der Waals surface area contributed by atoms with Gasteiger partial charge in [0.05, 0.1) is 12.5 Å². The monoisotopic (exact) mass is 400 g/mol. The van der Waals surface area contributed by atoms with E-state index in [1.807, 2.05) is 12.1 Å². The molecule has 2 atom stereocenters. The fourth-order valence-corrected chi connectivity index (χ4v) is 3.82. The molecule has 2 aromatic carbocycles. The van der Waals surface area contributed by atoms with Crippen molar-refractivity contribution in [1.82, 2.24) is 0 Å². The van der Waals surface area contributed by atoms with E-state index in [1.165, 1.54) is 17.7 Å². The average Bonchev–Trinajstić information content (AvgIpc) is 2.66. The van der Waals surface area contributed by atoms with E-state index in [1.54, 1.807) is 0 Å². The zero-order valence-electron chi connectivity index (χ0n) is 17.1. The molecule has 0 aliphatic carbocycles. The normalized spacial score (nSPS) is 19.1. The van der Waals surface area contributed by atoms with Crippen molar-refractivity contribution in [1.29, 1.82) is 0 Å². The lowest BCUT2D eigenvalue weighted by Gasteiger charge is -2.27. The van der Waals surface area contributed by atoms with Crippen molar-refractivity contribution in [2.45, 2.75) is 64.6 Å². The summed E-state index contributed by atoms with van der Waals surface area (Å²) in [5, 5.41) is 9.82. The zero-order valence-corrected chi connectivity index (χ0v) is 17.1. The summed E-state index contributed by atoms with van der Waals surface area (Å²) in [6, 6.07) is 10.8. The summed E-state index contributed by atoms with van der Waals surface area (Å²) >= 11 is 0. The number of hydrogen-bond acceptors (Lipinski definition) is 4. The molecule has 0 amide bonds. The third-order valence-electron chi connectivity index (χ3n) is 5.15. The summed E-state index contributed by atoms with van der Waals surface area (Å²) < 4.78 is 24.7. The number of cyclic esters (lactones) is 1. The highest BCUT2D eigenvalue weighted by Crippen LogP contribution is 2.30. The maximum Gasteiger partial charge on any atom is 0.308 e. The Hall–Kier alpha value is -2.40. The first-order chi connectivity index (χ1) is 13.9. The maximum atomic E-state index is 13.2. The highest BCUT2D eigenvalue weighted by atomic mass is 19.1. The van der Waals surface area contributed by atoms with Gasteiger partial charge in [-0.05, 0) is 55.0 Å². The lowest BCUT2D eigenvalue weighted by atomic mass is 9.96. The smallest absolute Gasteiger partial charge is 0.308 e. The quantitative estimate of drug-likeness (QED) is 0.671. The molecule has 0 bridgehead atoms. The number of ether oxygens (including phenoxy) is 2. The van der Waals surface area contributed by atoms with E-state index in [9.17, 15) is 14.3 Å². The van der Waals surface area contributed by atoms with Gasteiger partial charge in [-0.2, -0.15) is 0 Å². The van der Waals surface area contributed by atoms with Gasteiger partial charge in [0.2, 0.25) is 0 Å². The summed E-state index contributed by atoms with van der Waals surface area (Å²) in [6.07, 6.45) is 2.77. The number of carbonyl (C=O) groups excluding carboxylic acids is 1. The fraction of sp³-hybridized carbons (Fsp3) is 0.458. The molecule has 5 heteroatoms. The van der Waals surface area contributed by atoms with Crippen molar-refractivity contribution in [2.24, 2.45) is 0 Å². The summed E-state index contributed by atoms with van der Waals surface area (Å²) in [7, 11) is 0. The van der Waals surface area contributed by atoms with E-state index in [0.717, 1.165) is 48.1 Å². The number of halogens is 1. The van der Waals surface area contributed by atoms with Gasteiger partial charge in [0.15, 0.2) is 0 Å². The number of esters is 1. The Morgan fingerprint density at radius 3 is 2.48 bits per heavy atom. The average molecular weight is 400 g/mol. The molecule has 2 aromatic rings. The number of aliphatic hydroxyl groups excluding tert-OH is 1. The van der Waals surface area contributed by atoms with E-state index < -0.39 is 12.2 Å². The predicted molar refractivity (Wildman–Crippen MR) is 110 cm³/mol. The van der Waals surface area contributed by atoms with Crippen LogP contribution in [0.5, 0.6) is 5.75 Å². The van der Waals surface area contributed by atoms with Crippen LogP contribution in [-0.4, -0.2) is 29.9 Å². The van der Waals surface area contributed by atoms with Crippen LogP contribution >= 0.6 is 0 Å². The van der Waals surface area contributed by atoms with Crippen LogP contribution in [-0.2, 0) is 28.8 Å². The third-order valence-corrected chi connectivity index (χ3v) is 5.15. The van der Waals surface area contributed by atoms with Gasteiger partial charge in [-0.15, -0.1) is 0 Å². The number of rotatable bonds is 8. The van der Waals surface area contributed by atoms with Crippen molar-refractivity contribution < 1.29 is 23.8 Å². The summed E-state index contributed by atoms with van der Waals surface area (Å²) in [4.78, 5) is 11.6. The first-order valence-corrected chi connectivity index (χ1v) is 10.3. The minimum absolute atomic E-state index is 0.0467. The van der Waals surface area contributed by atoms with Gasteiger partial charge >= 0.3 is 5.97 Å². The predicted octanol–water partition coefficient (Wildman–Crippen LogP) is 4.32. The topological polar surface area (TPSA) is 55.8 Å². The van der Waals surface area contributed by atoms with E-state index >= 15 is 0 Å². The van der Waals surface area contributed by atoms with Crippen LogP contribution in [0.1, 0.15) is 48.4 Å². The molecule has 0 aromatic heterocycles. The van der Waals surface area contributed by atoms with E-state index in [2.05, 4.69) is 26.0 Å². The Labute approximate surface area is 171 Å². The van der Waals surface area contributed by atoms with Crippen LogP contribution in [0.2, 0.25) is 0 Å². The summed E-state index contributed by atoms with van der Waals surface area (Å²) in [5.41, 5.74) is 4.49. The number of carbonyl (C=O) groups is 1. The van der Waals surface area contributed by atoms with Crippen LogP contribution in [0.25, 0.3) is 0 Å². The SMILES string of the molecule is CCCc1cc(C)cc(CCc2ccc(F)cc2)c1OCC1CC(O)CC(=O)O1. The van der Waals surface area contributed by atoms with Gasteiger partial charge in [-0.3, -0.25) is 4.79 Å². The number of benzene rings is 2. The van der Waals surface area contributed by atoms with Gasteiger partial charge in [-0.1, -0.05) is 43.2 Å². The number of hydrogen-bond donors (Lipinski definition) is 1. The molecule has 2 unspecified atom stereocenters. The van der Waals surface area contributed by atoms with Gasteiger partial charge in [0, 0.05) is 6.42 Å². The fourth-order valence-electron chi connectivity index (χ4n) is 3.82. The lowest BCUT2D eigenvalue weighted by molar-refractivity contribution is -0.162. The molecule has 1 N–H and O–H groups in total. The van der Waals surface area contributed by atoms with Gasteiger partial charge < -0.3 is 14.6 Å². The molecule has 29 heavy (non-hydrogen) atoms. The first kappa shape index (κ1) is 21.3. The van der Waals surface area contributed by atoms with Crippen LogP contribution in [0.3, 0.4) is 0 Å². The number of aliphatic hydroxyl groups is 1. The Morgan fingerprint density at radius 2 is 1.83 bits per heavy atom. The van der Waals surface area contributed by atoms with Crippen LogP contribution < -0.4 is 4.74 Å². The molecular weight excluding hydrogens is 371 g/mol. The van der Waals surface area contributed by atoms with Crippen molar-refractivity contribution in [3.63, 3.8) is 0 Å². The lowest BCUT2D eigenvalue weighted by Crippen LogP contribution is -2.36. The zero-order chi connectivity index (χ0) is 20.8. The molecule has 1 aliphatic heterocycles.